The van der Waals surface area contributed by atoms with Crippen LogP contribution in [0.15, 0.2) is 18.2 Å². The molecule has 100 valence electrons. The van der Waals surface area contributed by atoms with Crippen molar-refractivity contribution in [2.24, 2.45) is 5.73 Å². The number of anilines is 1. The van der Waals surface area contributed by atoms with E-state index < -0.39 is 20.9 Å². The Morgan fingerprint density at radius 2 is 2.11 bits per heavy atom. The predicted octanol–water partition coefficient (Wildman–Crippen LogP) is -0.495. The first kappa shape index (κ1) is 14.2. The highest BCUT2D eigenvalue weighted by atomic mass is 32.2. The maximum absolute atomic E-state index is 11.4. The maximum Gasteiger partial charge on any atom is 0.299 e. The number of hydrogen-bond donors (Lipinski definition) is 4. The molecule has 0 atom stereocenters. The van der Waals surface area contributed by atoms with Gasteiger partial charge in [-0.3, -0.25) is 14.8 Å². The molecule has 0 unspecified atom stereocenters. The molecule has 10 heteroatoms. The van der Waals surface area contributed by atoms with Crippen molar-refractivity contribution in [2.75, 3.05) is 17.8 Å². The number of nitrogens with two attached hydrogens (primary N) is 1. The summed E-state index contributed by atoms with van der Waals surface area (Å²) in [5.41, 5.74) is 4.50. The number of non-ortho nitro benzene ring substituents is 1. The molecule has 0 aromatic heterocycles. The van der Waals surface area contributed by atoms with E-state index in [-0.39, 0.29) is 24.5 Å². The Kier molecular flexibility index (Phi) is 4.42. The minimum atomic E-state index is -3.92. The minimum absolute atomic E-state index is 0.00498. The molecule has 1 aromatic carbocycles. The van der Waals surface area contributed by atoms with Gasteiger partial charge in [-0.25, -0.2) is 0 Å². The third-order valence-corrected chi connectivity index (χ3v) is 2.94. The van der Waals surface area contributed by atoms with Crippen LogP contribution in [0.2, 0.25) is 0 Å². The Hall–Kier alpha value is -1.91. The topological polar surface area (TPSA) is 148 Å². The number of nitro benzene ring substituents is 1. The third-order valence-electron chi connectivity index (χ3n) is 1.87. The lowest BCUT2D eigenvalue weighted by Crippen LogP contribution is -2.33. The molecule has 0 aliphatic heterocycles. The van der Waals surface area contributed by atoms with Gasteiger partial charge in [0.25, 0.3) is 15.9 Å². The van der Waals surface area contributed by atoms with Gasteiger partial charge in [0.05, 0.1) is 10.6 Å². The van der Waals surface area contributed by atoms with Gasteiger partial charge >= 0.3 is 0 Å². The van der Waals surface area contributed by atoms with Crippen LogP contribution in [0.25, 0.3) is 0 Å². The first-order chi connectivity index (χ1) is 8.35. The second-order valence-corrected chi connectivity index (χ2v) is 4.75. The van der Waals surface area contributed by atoms with Gasteiger partial charge in [0.2, 0.25) is 0 Å². The van der Waals surface area contributed by atoms with Crippen LogP contribution in [0.5, 0.6) is 5.75 Å². The number of phenolic OH excluding ortho intramolecular Hbond substituents is 1. The fourth-order valence-electron chi connectivity index (χ4n) is 1.09. The van der Waals surface area contributed by atoms with E-state index in [1.165, 1.54) is 0 Å². The summed E-state index contributed by atoms with van der Waals surface area (Å²) >= 11 is 0. The summed E-state index contributed by atoms with van der Waals surface area (Å²) < 4.78 is 26.9. The smallest absolute Gasteiger partial charge is 0.299 e. The van der Waals surface area contributed by atoms with Crippen LogP contribution in [0, 0.1) is 10.1 Å². The van der Waals surface area contributed by atoms with Gasteiger partial charge in [-0.15, -0.1) is 0 Å². The van der Waals surface area contributed by atoms with Crippen molar-refractivity contribution in [2.45, 2.75) is 0 Å². The van der Waals surface area contributed by atoms with Crippen molar-refractivity contribution in [1.82, 2.24) is 4.72 Å². The molecule has 0 radical (unpaired) electrons. The molecule has 0 aliphatic carbocycles. The van der Waals surface area contributed by atoms with E-state index in [9.17, 15) is 23.6 Å². The van der Waals surface area contributed by atoms with E-state index >= 15 is 0 Å². The zero-order valence-corrected chi connectivity index (χ0v) is 9.98. The lowest BCUT2D eigenvalue weighted by atomic mass is 10.2. The summed E-state index contributed by atoms with van der Waals surface area (Å²) in [6.07, 6.45) is 0. The first-order valence-corrected chi connectivity index (χ1v) is 6.29. The summed E-state index contributed by atoms with van der Waals surface area (Å²) in [6, 6.07) is 3.00. The number of hydrogen-bond acceptors (Lipinski definition) is 6. The summed E-state index contributed by atoms with van der Waals surface area (Å²) in [7, 11) is -3.92. The predicted molar refractivity (Wildman–Crippen MR) is 64.4 cm³/mol. The Morgan fingerprint density at radius 1 is 1.44 bits per heavy atom. The molecule has 0 saturated heterocycles. The van der Waals surface area contributed by atoms with Crippen molar-refractivity contribution in [1.29, 1.82) is 0 Å². The average Bonchev–Trinajstić information content (AvgIpc) is 2.29. The SMILES string of the molecule is NCCNS(=O)(=O)Nc1cc([N+](=O)[O-])ccc1O. The van der Waals surface area contributed by atoms with Gasteiger partial charge in [0.15, 0.2) is 0 Å². The van der Waals surface area contributed by atoms with Crippen LogP contribution >= 0.6 is 0 Å². The second-order valence-electron chi connectivity index (χ2n) is 3.25. The molecule has 0 amide bonds. The molecule has 1 aromatic rings. The second kappa shape index (κ2) is 5.62. The number of nitro groups is 1. The molecule has 9 nitrogen and oxygen atoms in total. The normalized spacial score (nSPS) is 11.2. The molecule has 0 fully saturated rings. The Labute approximate surface area is 103 Å². The van der Waals surface area contributed by atoms with Crippen LogP contribution in [0.1, 0.15) is 0 Å². The lowest BCUT2D eigenvalue weighted by molar-refractivity contribution is -0.384. The van der Waals surface area contributed by atoms with E-state index in [4.69, 9.17) is 5.73 Å². The molecular formula is C8H12N4O5S. The van der Waals surface area contributed by atoms with Gasteiger partial charge in [0.1, 0.15) is 5.75 Å². The van der Waals surface area contributed by atoms with Crippen molar-refractivity contribution in [3.05, 3.63) is 28.3 Å². The van der Waals surface area contributed by atoms with Gasteiger partial charge in [-0.1, -0.05) is 0 Å². The summed E-state index contributed by atoms with van der Waals surface area (Å²) in [5, 5.41) is 19.9. The molecule has 0 spiro atoms. The fraction of sp³-hybridized carbons (Fsp3) is 0.250. The Morgan fingerprint density at radius 3 is 2.67 bits per heavy atom. The highest BCUT2D eigenvalue weighted by Gasteiger charge is 2.15. The van der Waals surface area contributed by atoms with Crippen molar-refractivity contribution in [3.8, 4) is 5.75 Å². The molecule has 0 heterocycles. The molecule has 1 rings (SSSR count). The van der Waals surface area contributed by atoms with E-state index in [2.05, 4.69) is 4.72 Å². The summed E-state index contributed by atoms with van der Waals surface area (Å²) in [6.45, 7) is 0.104. The summed E-state index contributed by atoms with van der Waals surface area (Å²) in [4.78, 5) is 9.81. The first-order valence-electron chi connectivity index (χ1n) is 4.80. The minimum Gasteiger partial charge on any atom is -0.506 e. The van der Waals surface area contributed by atoms with E-state index in [1.807, 2.05) is 4.72 Å². The van der Waals surface area contributed by atoms with Crippen molar-refractivity contribution >= 4 is 21.6 Å². The quantitative estimate of drug-likeness (QED) is 0.313. The molecule has 0 saturated carbocycles. The Balaban J connectivity index is 2.96. The highest BCUT2D eigenvalue weighted by molar-refractivity contribution is 7.90. The van der Waals surface area contributed by atoms with Crippen molar-refractivity contribution in [3.63, 3.8) is 0 Å². The zero-order valence-electron chi connectivity index (χ0n) is 9.16. The number of aromatic hydroxyl groups is 1. The van der Waals surface area contributed by atoms with Gasteiger partial charge < -0.3 is 10.8 Å². The number of nitrogens with one attached hydrogen (secondary N) is 2. The van der Waals surface area contributed by atoms with E-state index in [0.29, 0.717) is 0 Å². The third kappa shape index (κ3) is 3.84. The lowest BCUT2D eigenvalue weighted by Gasteiger charge is -2.09. The number of nitrogens with zero attached hydrogens (tertiary/aromatic N) is 1. The van der Waals surface area contributed by atoms with Crippen LogP contribution in [-0.2, 0) is 10.2 Å². The van der Waals surface area contributed by atoms with Gasteiger partial charge in [-0.2, -0.15) is 13.1 Å². The molecular weight excluding hydrogens is 264 g/mol. The number of rotatable bonds is 6. The molecule has 0 bridgehead atoms. The largest absolute Gasteiger partial charge is 0.506 e. The summed E-state index contributed by atoms with van der Waals surface area (Å²) in [5.74, 6) is -0.418. The van der Waals surface area contributed by atoms with Crippen LogP contribution in [0.4, 0.5) is 11.4 Å². The molecule has 5 N–H and O–H groups in total. The Bertz CT molecular complexity index is 544. The van der Waals surface area contributed by atoms with Crippen molar-refractivity contribution < 1.29 is 18.4 Å². The van der Waals surface area contributed by atoms with Crippen LogP contribution < -0.4 is 15.2 Å². The zero-order chi connectivity index (χ0) is 13.8. The maximum atomic E-state index is 11.4. The van der Waals surface area contributed by atoms with Crippen LogP contribution in [-0.4, -0.2) is 31.5 Å². The van der Waals surface area contributed by atoms with E-state index in [1.54, 1.807) is 0 Å². The van der Waals surface area contributed by atoms with Gasteiger partial charge in [0, 0.05) is 25.2 Å². The highest BCUT2D eigenvalue weighted by Crippen LogP contribution is 2.28. The average molecular weight is 276 g/mol. The van der Waals surface area contributed by atoms with E-state index in [0.717, 1.165) is 18.2 Å². The number of benzene rings is 1. The standard InChI is InChI=1S/C8H12N4O5S/c9-3-4-10-18(16,17)11-7-5-6(12(14)15)1-2-8(7)13/h1-2,5,10-11,13H,3-4,9H2. The number of phenols is 1. The monoisotopic (exact) mass is 276 g/mol. The molecule has 18 heavy (non-hydrogen) atoms. The fourth-order valence-corrected chi connectivity index (χ4v) is 2.01. The van der Waals surface area contributed by atoms with Gasteiger partial charge in [-0.05, 0) is 6.07 Å². The van der Waals surface area contributed by atoms with Crippen LogP contribution in [0.3, 0.4) is 0 Å². The molecule has 0 aliphatic rings.